The Balaban J connectivity index is 1.80. The zero-order valence-corrected chi connectivity index (χ0v) is 20.2. The number of nitriles is 1. The van der Waals surface area contributed by atoms with Gasteiger partial charge in [-0.3, -0.25) is 4.31 Å². The van der Waals surface area contributed by atoms with Crippen LogP contribution >= 0.6 is 46.2 Å². The summed E-state index contributed by atoms with van der Waals surface area (Å²) in [5.41, 5.74) is 4.74. The van der Waals surface area contributed by atoms with Crippen molar-refractivity contribution in [3.63, 3.8) is 0 Å². The van der Waals surface area contributed by atoms with Gasteiger partial charge in [-0.1, -0.05) is 17.7 Å². The SMILES string of the molecule is N#Cc1sccc1C1=C(c2cccs2)N(Sc2ccc(Cl)cc2)C2=CC=C(C(=O)O)C=C1C2. The lowest BCUT2D eigenvalue weighted by molar-refractivity contribution is -0.132. The van der Waals surface area contributed by atoms with Gasteiger partial charge in [-0.15, -0.1) is 22.7 Å². The highest BCUT2D eigenvalue weighted by Gasteiger charge is 2.33. The maximum absolute atomic E-state index is 11.9. The van der Waals surface area contributed by atoms with Crippen molar-refractivity contribution >= 4 is 63.5 Å². The molecule has 5 rings (SSSR count). The molecule has 2 aliphatic rings. The Morgan fingerprint density at radius 3 is 2.64 bits per heavy atom. The number of allylic oxidation sites excluding steroid dienone is 4. The lowest BCUT2D eigenvalue weighted by Gasteiger charge is -2.35. The Morgan fingerprint density at radius 1 is 1.12 bits per heavy atom. The van der Waals surface area contributed by atoms with Crippen LogP contribution in [0.1, 0.15) is 21.7 Å². The first-order valence-corrected chi connectivity index (χ1v) is 12.8. The molecule has 1 N–H and O–H groups in total. The molecular formula is C25H15ClN2O2S3. The van der Waals surface area contributed by atoms with E-state index in [2.05, 4.69) is 16.4 Å². The van der Waals surface area contributed by atoms with E-state index in [9.17, 15) is 15.2 Å². The third-order valence-corrected chi connectivity index (χ3v) is 8.26. The summed E-state index contributed by atoms with van der Waals surface area (Å²) in [5.74, 6) is -0.980. The fourth-order valence-corrected chi connectivity index (χ4v) is 6.42. The number of nitrogens with zero attached hydrogens (tertiary/aromatic N) is 2. The second-order valence-electron chi connectivity index (χ2n) is 7.25. The maximum atomic E-state index is 11.9. The lowest BCUT2D eigenvalue weighted by Crippen LogP contribution is -2.21. The normalized spacial score (nSPS) is 15.4. The smallest absolute Gasteiger partial charge is 0.335 e. The largest absolute Gasteiger partial charge is 0.478 e. The van der Waals surface area contributed by atoms with Gasteiger partial charge in [0.25, 0.3) is 0 Å². The highest BCUT2D eigenvalue weighted by Crippen LogP contribution is 2.51. The number of rotatable bonds is 5. The minimum atomic E-state index is -0.980. The Labute approximate surface area is 208 Å². The summed E-state index contributed by atoms with van der Waals surface area (Å²) in [4.78, 5) is 14.5. The molecule has 3 aromatic rings. The molecule has 2 bridgehead atoms. The van der Waals surface area contributed by atoms with Gasteiger partial charge in [-0.25, -0.2) is 4.79 Å². The van der Waals surface area contributed by atoms with Crippen LogP contribution in [-0.4, -0.2) is 15.4 Å². The molecule has 0 fully saturated rings. The molecule has 0 atom stereocenters. The van der Waals surface area contributed by atoms with E-state index in [1.54, 1.807) is 35.4 Å². The van der Waals surface area contributed by atoms with Crippen LogP contribution in [0.4, 0.5) is 0 Å². The summed E-state index contributed by atoms with van der Waals surface area (Å²) in [6, 6.07) is 15.9. The standard InChI is InChI=1S/C25H15ClN2O2S3/c26-17-4-7-19(8-5-17)33-28-18-6-3-15(25(29)30)12-16(13-18)23(20-9-11-32-22(20)14-27)24(28)21-2-1-10-31-21/h1-12H,13H2,(H,29,30). The van der Waals surface area contributed by atoms with Crippen LogP contribution < -0.4 is 0 Å². The minimum Gasteiger partial charge on any atom is -0.478 e. The van der Waals surface area contributed by atoms with Crippen molar-refractivity contribution in [3.05, 3.63) is 109 Å². The fraction of sp³-hybridized carbons (Fsp3) is 0.0400. The molecule has 0 radical (unpaired) electrons. The molecule has 0 spiro atoms. The number of hydrogen-bond donors (Lipinski definition) is 1. The van der Waals surface area contributed by atoms with Gasteiger partial charge in [-0.2, -0.15) is 5.26 Å². The molecule has 162 valence electrons. The number of carboxylic acids is 1. The molecule has 1 aromatic carbocycles. The predicted molar refractivity (Wildman–Crippen MR) is 136 cm³/mol. The van der Waals surface area contributed by atoms with E-state index in [1.165, 1.54) is 11.3 Å². The topological polar surface area (TPSA) is 64.3 Å². The Morgan fingerprint density at radius 2 is 1.94 bits per heavy atom. The van der Waals surface area contributed by atoms with Crippen LogP contribution in [0.3, 0.4) is 0 Å². The summed E-state index contributed by atoms with van der Waals surface area (Å²) in [6.45, 7) is 0. The average Bonchev–Trinajstić information content (AvgIpc) is 3.46. The zero-order valence-electron chi connectivity index (χ0n) is 17.0. The maximum Gasteiger partial charge on any atom is 0.335 e. The molecule has 3 heterocycles. The van der Waals surface area contributed by atoms with Crippen molar-refractivity contribution in [2.45, 2.75) is 11.3 Å². The van der Waals surface area contributed by atoms with Gasteiger partial charge < -0.3 is 5.11 Å². The van der Waals surface area contributed by atoms with Crippen LogP contribution in [-0.2, 0) is 4.79 Å². The zero-order chi connectivity index (χ0) is 22.9. The van der Waals surface area contributed by atoms with Crippen molar-refractivity contribution < 1.29 is 9.90 Å². The average molecular weight is 507 g/mol. The molecule has 1 aliphatic heterocycles. The fourth-order valence-electron chi connectivity index (χ4n) is 3.79. The van der Waals surface area contributed by atoms with E-state index < -0.39 is 5.97 Å². The van der Waals surface area contributed by atoms with Crippen LogP contribution in [0.2, 0.25) is 5.02 Å². The molecule has 4 nitrogen and oxygen atoms in total. The second-order valence-corrected chi connectivity index (χ2v) is 10.6. The highest BCUT2D eigenvalue weighted by molar-refractivity contribution is 7.97. The van der Waals surface area contributed by atoms with Gasteiger partial charge in [-0.05, 0) is 82.9 Å². The van der Waals surface area contributed by atoms with Gasteiger partial charge >= 0.3 is 5.97 Å². The van der Waals surface area contributed by atoms with Gasteiger partial charge in [0.05, 0.1) is 16.1 Å². The number of aliphatic carboxylic acids is 1. The minimum absolute atomic E-state index is 0.218. The molecule has 33 heavy (non-hydrogen) atoms. The summed E-state index contributed by atoms with van der Waals surface area (Å²) in [5, 5.41) is 24.1. The number of halogens is 1. The first-order chi connectivity index (χ1) is 16.0. The van der Waals surface area contributed by atoms with Crippen molar-refractivity contribution in [1.29, 1.82) is 5.26 Å². The number of hydrogen-bond acceptors (Lipinski definition) is 6. The number of fused-ring (bicyclic) bond motifs is 2. The van der Waals surface area contributed by atoms with Crippen LogP contribution in [0, 0.1) is 11.3 Å². The van der Waals surface area contributed by atoms with Crippen molar-refractivity contribution in [1.82, 2.24) is 4.31 Å². The van der Waals surface area contributed by atoms with E-state index >= 15 is 0 Å². The highest BCUT2D eigenvalue weighted by atomic mass is 35.5. The molecule has 0 unspecified atom stereocenters. The number of thiophene rings is 2. The number of carbonyl (C=O) groups is 1. The van der Waals surface area contributed by atoms with Crippen molar-refractivity contribution in [3.8, 4) is 6.07 Å². The quantitative estimate of drug-likeness (QED) is 0.364. The van der Waals surface area contributed by atoms with E-state index in [4.69, 9.17) is 11.6 Å². The van der Waals surface area contributed by atoms with Crippen LogP contribution in [0.15, 0.2) is 93.2 Å². The van der Waals surface area contributed by atoms with Crippen molar-refractivity contribution in [2.75, 3.05) is 0 Å². The Hall–Kier alpha value is -3.02. The number of carboxylic acid groups (broad SMARTS) is 1. The van der Waals surface area contributed by atoms with Crippen molar-refractivity contribution in [2.24, 2.45) is 0 Å². The summed E-state index contributed by atoms with van der Waals surface area (Å²) in [6.07, 6.45) is 5.81. The predicted octanol–water partition coefficient (Wildman–Crippen LogP) is 7.45. The van der Waals surface area contributed by atoms with E-state index in [0.29, 0.717) is 16.3 Å². The second kappa shape index (κ2) is 9.08. The Kier molecular flexibility index (Phi) is 6.00. The Bertz CT molecular complexity index is 1400. The molecule has 8 heteroatoms. The summed E-state index contributed by atoms with van der Waals surface area (Å²) >= 11 is 10.7. The molecule has 0 saturated heterocycles. The molecular weight excluding hydrogens is 492 g/mol. The summed E-state index contributed by atoms with van der Waals surface area (Å²) in [7, 11) is 0. The van der Waals surface area contributed by atoms with Gasteiger partial charge in [0.1, 0.15) is 10.9 Å². The number of benzene rings is 1. The molecule has 0 saturated carbocycles. The van der Waals surface area contributed by atoms with Crippen LogP contribution in [0.5, 0.6) is 0 Å². The monoisotopic (exact) mass is 506 g/mol. The lowest BCUT2D eigenvalue weighted by atomic mass is 9.88. The third kappa shape index (κ3) is 4.19. The molecule has 0 amide bonds. The molecule has 1 aliphatic carbocycles. The first kappa shape index (κ1) is 21.8. The van der Waals surface area contributed by atoms with E-state index in [0.717, 1.165) is 37.9 Å². The molecule has 2 aromatic heterocycles. The third-order valence-electron chi connectivity index (χ3n) is 5.23. The van der Waals surface area contributed by atoms with Gasteiger partial charge in [0, 0.05) is 33.2 Å². The van der Waals surface area contributed by atoms with Gasteiger partial charge in [0.2, 0.25) is 0 Å². The first-order valence-electron chi connectivity index (χ1n) is 9.90. The van der Waals surface area contributed by atoms with Crippen LogP contribution in [0.25, 0.3) is 11.3 Å². The summed E-state index contributed by atoms with van der Waals surface area (Å²) < 4.78 is 2.15. The van der Waals surface area contributed by atoms with Gasteiger partial charge in [0.15, 0.2) is 0 Å². The van der Waals surface area contributed by atoms with E-state index in [-0.39, 0.29) is 5.57 Å². The van der Waals surface area contributed by atoms with E-state index in [1.807, 2.05) is 53.2 Å².